The largest absolute Gasteiger partial charge is 0.490 e. The van der Waals surface area contributed by atoms with Crippen LogP contribution in [0.3, 0.4) is 0 Å². The van der Waals surface area contributed by atoms with Crippen LogP contribution in [0, 0.1) is 29.1 Å². The average molecular weight is 422 g/mol. The smallest absolute Gasteiger partial charge is 0.318 e. The van der Waals surface area contributed by atoms with Crippen molar-refractivity contribution >= 4 is 6.03 Å². The Kier molecular flexibility index (Phi) is 4.47. The van der Waals surface area contributed by atoms with Crippen molar-refractivity contribution in [3.63, 3.8) is 0 Å². The van der Waals surface area contributed by atoms with Gasteiger partial charge in [-0.25, -0.2) is 4.79 Å². The van der Waals surface area contributed by atoms with Gasteiger partial charge in [-0.2, -0.15) is 5.26 Å². The van der Waals surface area contributed by atoms with Gasteiger partial charge in [0.05, 0.1) is 17.2 Å². The van der Waals surface area contributed by atoms with E-state index in [1.807, 2.05) is 12.1 Å². The number of fused-ring (bicyclic) bond motifs is 2. The van der Waals surface area contributed by atoms with E-state index in [1.165, 1.54) is 0 Å². The Bertz CT molecular complexity index is 880. The molecule has 6 heteroatoms. The monoisotopic (exact) mass is 421 g/mol. The Balaban J connectivity index is 1.09. The fraction of sp³-hybridized carbons (Fsp3) is 0.680. The first-order chi connectivity index (χ1) is 15.0. The van der Waals surface area contributed by atoms with Crippen molar-refractivity contribution < 1.29 is 14.6 Å². The van der Waals surface area contributed by atoms with Gasteiger partial charge < -0.3 is 20.1 Å². The van der Waals surface area contributed by atoms with Gasteiger partial charge in [0.1, 0.15) is 11.9 Å². The van der Waals surface area contributed by atoms with Gasteiger partial charge in [-0.3, -0.25) is 0 Å². The summed E-state index contributed by atoms with van der Waals surface area (Å²) in [4.78, 5) is 15.5. The predicted octanol–water partition coefficient (Wildman–Crippen LogP) is 3.58. The number of nitriles is 1. The van der Waals surface area contributed by atoms with Crippen LogP contribution >= 0.6 is 0 Å². The molecule has 164 valence electrons. The van der Waals surface area contributed by atoms with E-state index >= 15 is 0 Å². The molecule has 7 rings (SSSR count). The fourth-order valence-electron chi connectivity index (χ4n) is 7.79. The van der Waals surface area contributed by atoms with Crippen LogP contribution in [0.2, 0.25) is 0 Å². The Morgan fingerprint density at radius 3 is 2.29 bits per heavy atom. The second-order valence-corrected chi connectivity index (χ2v) is 10.8. The van der Waals surface area contributed by atoms with E-state index < -0.39 is 5.60 Å². The minimum absolute atomic E-state index is 0.105. The minimum Gasteiger partial charge on any atom is -0.490 e. The Labute approximate surface area is 183 Å². The van der Waals surface area contributed by atoms with Crippen LogP contribution in [0.25, 0.3) is 0 Å². The van der Waals surface area contributed by atoms with Crippen LogP contribution < -0.4 is 10.1 Å². The van der Waals surface area contributed by atoms with Crippen molar-refractivity contribution in [1.29, 1.82) is 5.26 Å². The van der Waals surface area contributed by atoms with E-state index in [2.05, 4.69) is 16.3 Å². The summed E-state index contributed by atoms with van der Waals surface area (Å²) in [5.74, 6) is 2.33. The lowest BCUT2D eigenvalue weighted by Gasteiger charge is -2.58. The maximum Gasteiger partial charge on any atom is 0.318 e. The number of hydrogen-bond acceptors (Lipinski definition) is 4. The summed E-state index contributed by atoms with van der Waals surface area (Å²) in [5, 5.41) is 23.2. The zero-order valence-electron chi connectivity index (χ0n) is 17.9. The quantitative estimate of drug-likeness (QED) is 0.781. The second-order valence-electron chi connectivity index (χ2n) is 10.8. The van der Waals surface area contributed by atoms with Crippen molar-refractivity contribution in [2.75, 3.05) is 0 Å². The van der Waals surface area contributed by atoms with Gasteiger partial charge in [0.2, 0.25) is 0 Å². The standard InChI is InChI=1S/C25H31N3O3/c26-14-15-1-5-21(6-2-15)31-22-9-19-3-4-20(10-22)28(19)24(29)27-23-17-7-16-8-18(23)13-25(30,11-16)12-17/h1-2,5-6,16-20,22-23,30H,3-4,7-13H2,(H,27,29)/t16?,17?,18?,19-,20+,22?,23?,25?. The third-order valence-corrected chi connectivity index (χ3v) is 8.74. The van der Waals surface area contributed by atoms with Crippen molar-refractivity contribution in [2.45, 2.75) is 87.6 Å². The molecule has 0 aromatic heterocycles. The van der Waals surface area contributed by atoms with Crippen molar-refractivity contribution in [3.8, 4) is 11.8 Å². The molecule has 2 saturated heterocycles. The van der Waals surface area contributed by atoms with Crippen LogP contribution in [-0.2, 0) is 0 Å². The first kappa shape index (κ1) is 19.4. The molecule has 3 unspecified atom stereocenters. The molecule has 2 aliphatic heterocycles. The summed E-state index contributed by atoms with van der Waals surface area (Å²) in [6, 6.07) is 10.2. The topological polar surface area (TPSA) is 85.6 Å². The molecule has 6 nitrogen and oxygen atoms in total. The lowest BCUT2D eigenvalue weighted by atomic mass is 9.52. The summed E-state index contributed by atoms with van der Waals surface area (Å²) in [7, 11) is 0. The zero-order valence-corrected chi connectivity index (χ0v) is 17.9. The fourth-order valence-corrected chi connectivity index (χ4v) is 7.79. The lowest BCUT2D eigenvalue weighted by Crippen LogP contribution is -2.64. The van der Waals surface area contributed by atoms with E-state index in [-0.39, 0.29) is 30.3 Å². The van der Waals surface area contributed by atoms with E-state index in [9.17, 15) is 9.90 Å². The minimum atomic E-state index is -0.460. The van der Waals surface area contributed by atoms with E-state index in [0.29, 0.717) is 23.3 Å². The van der Waals surface area contributed by atoms with Crippen molar-refractivity contribution in [2.24, 2.45) is 17.8 Å². The number of amides is 2. The van der Waals surface area contributed by atoms with Gasteiger partial charge in [-0.1, -0.05) is 0 Å². The highest BCUT2D eigenvalue weighted by Gasteiger charge is 2.55. The van der Waals surface area contributed by atoms with Crippen LogP contribution in [0.5, 0.6) is 5.75 Å². The Morgan fingerprint density at radius 2 is 1.71 bits per heavy atom. The number of carbonyl (C=O) groups excluding carboxylic acids is 1. The van der Waals surface area contributed by atoms with Gasteiger partial charge in [0, 0.05) is 31.0 Å². The summed E-state index contributed by atoms with van der Waals surface area (Å²) in [6.45, 7) is 0. The summed E-state index contributed by atoms with van der Waals surface area (Å²) < 4.78 is 6.21. The highest BCUT2D eigenvalue weighted by Crippen LogP contribution is 2.55. The molecular formula is C25H31N3O3. The molecular weight excluding hydrogens is 390 g/mol. The number of nitrogens with zero attached hydrogens (tertiary/aromatic N) is 2. The lowest BCUT2D eigenvalue weighted by molar-refractivity contribution is -0.137. The van der Waals surface area contributed by atoms with Gasteiger partial charge in [-0.05, 0) is 87.0 Å². The highest BCUT2D eigenvalue weighted by atomic mass is 16.5. The number of aliphatic hydroxyl groups is 1. The number of ether oxygens (including phenoxy) is 1. The molecule has 6 fully saturated rings. The van der Waals surface area contributed by atoms with E-state index in [4.69, 9.17) is 10.00 Å². The molecule has 1 aromatic carbocycles. The van der Waals surface area contributed by atoms with E-state index in [1.54, 1.807) is 12.1 Å². The molecule has 0 radical (unpaired) electrons. The molecule has 31 heavy (non-hydrogen) atoms. The molecule has 2 amide bonds. The number of piperidine rings is 1. The number of hydrogen-bond donors (Lipinski definition) is 2. The Morgan fingerprint density at radius 1 is 1.06 bits per heavy atom. The summed E-state index contributed by atoms with van der Waals surface area (Å²) in [5.41, 5.74) is 0.175. The number of rotatable bonds is 3. The number of carbonyl (C=O) groups is 1. The molecule has 4 saturated carbocycles. The molecule has 6 aliphatic rings. The Hall–Kier alpha value is -2.26. The molecule has 1 aromatic rings. The molecule has 4 aliphatic carbocycles. The summed E-state index contributed by atoms with van der Waals surface area (Å²) >= 11 is 0. The maximum absolute atomic E-state index is 13.3. The first-order valence-electron chi connectivity index (χ1n) is 12.0. The molecule has 2 N–H and O–H groups in total. The van der Waals surface area contributed by atoms with Crippen LogP contribution in [0.15, 0.2) is 24.3 Å². The molecule has 6 bridgehead atoms. The number of benzene rings is 1. The zero-order chi connectivity index (χ0) is 21.2. The molecule has 2 heterocycles. The van der Waals surface area contributed by atoms with Crippen LogP contribution in [-0.4, -0.2) is 45.9 Å². The third kappa shape index (κ3) is 3.38. The number of nitrogens with one attached hydrogen (secondary N) is 1. The third-order valence-electron chi connectivity index (χ3n) is 8.74. The number of urea groups is 1. The summed E-state index contributed by atoms with van der Waals surface area (Å²) in [6.07, 6.45) is 8.95. The second kappa shape index (κ2) is 7.13. The van der Waals surface area contributed by atoms with Crippen molar-refractivity contribution in [3.05, 3.63) is 29.8 Å². The van der Waals surface area contributed by atoms with Crippen LogP contribution in [0.4, 0.5) is 4.79 Å². The molecule has 5 atom stereocenters. The van der Waals surface area contributed by atoms with Gasteiger partial charge in [0.15, 0.2) is 0 Å². The average Bonchev–Trinajstić information content (AvgIpc) is 3.01. The van der Waals surface area contributed by atoms with Gasteiger partial charge in [-0.15, -0.1) is 0 Å². The van der Waals surface area contributed by atoms with Gasteiger partial charge in [0.25, 0.3) is 0 Å². The first-order valence-corrected chi connectivity index (χ1v) is 12.0. The van der Waals surface area contributed by atoms with E-state index in [0.717, 1.165) is 63.5 Å². The maximum atomic E-state index is 13.3. The van der Waals surface area contributed by atoms with Crippen molar-refractivity contribution in [1.82, 2.24) is 10.2 Å². The molecule has 0 spiro atoms. The normalized spacial score (nSPS) is 42.3. The van der Waals surface area contributed by atoms with Crippen LogP contribution in [0.1, 0.15) is 63.4 Å². The van der Waals surface area contributed by atoms with Gasteiger partial charge >= 0.3 is 6.03 Å². The SMILES string of the molecule is N#Cc1ccc(OC2C[C@H]3CC[C@@H](C2)N3C(=O)NC2C3CC4CC2CC(O)(C4)C3)cc1. The highest BCUT2D eigenvalue weighted by molar-refractivity contribution is 5.76. The predicted molar refractivity (Wildman–Crippen MR) is 114 cm³/mol.